The Labute approximate surface area is 145 Å². The van der Waals surface area contributed by atoms with Crippen LogP contribution in [0.4, 0.5) is 5.69 Å². The average Bonchev–Trinajstić information content (AvgIpc) is 3.03. The van der Waals surface area contributed by atoms with Crippen molar-refractivity contribution in [2.45, 2.75) is 19.8 Å². The number of fused-ring (bicyclic) bond motifs is 2. The van der Waals surface area contributed by atoms with Gasteiger partial charge in [-0.2, -0.15) is 0 Å². The lowest BCUT2D eigenvalue weighted by molar-refractivity contribution is -0.116. The van der Waals surface area contributed by atoms with Crippen LogP contribution in [0.15, 0.2) is 36.4 Å². The highest BCUT2D eigenvalue weighted by molar-refractivity contribution is 5.91. The van der Waals surface area contributed by atoms with Crippen LogP contribution in [0.5, 0.6) is 11.5 Å². The molecule has 0 aliphatic carbocycles. The molecule has 0 fully saturated rings. The van der Waals surface area contributed by atoms with Crippen molar-refractivity contribution in [2.75, 3.05) is 18.5 Å². The predicted molar refractivity (Wildman–Crippen MR) is 96.1 cm³/mol. The Bertz CT molecular complexity index is 890. The van der Waals surface area contributed by atoms with Crippen LogP contribution < -0.4 is 14.8 Å². The fraction of sp³-hybridized carbons (Fsp3) is 0.263. The number of imidazole rings is 1. The lowest BCUT2D eigenvalue weighted by Crippen LogP contribution is -2.15. The number of rotatable bonds is 4. The first-order valence-electron chi connectivity index (χ1n) is 8.42. The van der Waals surface area contributed by atoms with E-state index in [9.17, 15) is 4.79 Å². The second-order valence-corrected chi connectivity index (χ2v) is 5.98. The van der Waals surface area contributed by atoms with Crippen molar-refractivity contribution >= 4 is 22.6 Å². The zero-order chi connectivity index (χ0) is 17.2. The van der Waals surface area contributed by atoms with Crippen LogP contribution in [-0.2, 0) is 4.79 Å². The zero-order valence-electron chi connectivity index (χ0n) is 14.0. The second-order valence-electron chi connectivity index (χ2n) is 5.98. The Morgan fingerprint density at radius 2 is 2.00 bits per heavy atom. The van der Waals surface area contributed by atoms with E-state index in [0.29, 0.717) is 19.6 Å². The third-order valence-corrected chi connectivity index (χ3v) is 4.04. The quantitative estimate of drug-likeness (QED) is 0.760. The highest BCUT2D eigenvalue weighted by Gasteiger charge is 2.15. The van der Waals surface area contributed by atoms with Crippen LogP contribution in [0.3, 0.4) is 0 Å². The smallest absolute Gasteiger partial charge is 0.224 e. The molecule has 2 aromatic carbocycles. The van der Waals surface area contributed by atoms with Crippen LogP contribution in [0.1, 0.15) is 19.8 Å². The summed E-state index contributed by atoms with van der Waals surface area (Å²) in [6.07, 6.45) is 1.34. The van der Waals surface area contributed by atoms with E-state index in [-0.39, 0.29) is 5.91 Å². The van der Waals surface area contributed by atoms with E-state index in [1.807, 2.05) is 43.3 Å². The molecule has 0 saturated carbocycles. The van der Waals surface area contributed by atoms with Gasteiger partial charge < -0.3 is 19.8 Å². The number of amides is 1. The van der Waals surface area contributed by atoms with Crippen molar-refractivity contribution in [3.05, 3.63) is 36.4 Å². The van der Waals surface area contributed by atoms with E-state index in [4.69, 9.17) is 9.47 Å². The van der Waals surface area contributed by atoms with Crippen molar-refractivity contribution in [1.29, 1.82) is 0 Å². The van der Waals surface area contributed by atoms with Crippen molar-refractivity contribution in [3.8, 4) is 22.9 Å². The molecule has 0 saturated heterocycles. The maximum Gasteiger partial charge on any atom is 0.224 e. The van der Waals surface area contributed by atoms with E-state index in [1.165, 1.54) is 0 Å². The van der Waals surface area contributed by atoms with Gasteiger partial charge in [0, 0.05) is 29.8 Å². The molecule has 128 valence electrons. The lowest BCUT2D eigenvalue weighted by Gasteiger charge is -2.17. The molecule has 1 aliphatic heterocycles. The zero-order valence-corrected chi connectivity index (χ0v) is 14.0. The molecule has 0 spiro atoms. The molecule has 2 heterocycles. The van der Waals surface area contributed by atoms with Gasteiger partial charge >= 0.3 is 0 Å². The SMILES string of the molecule is CCCC(=O)Nc1cccc(-c2nc3cc4c(cc3[nH]2)OCCO4)c1. The van der Waals surface area contributed by atoms with Gasteiger partial charge in [0.25, 0.3) is 0 Å². The fourth-order valence-electron chi connectivity index (χ4n) is 2.88. The molecule has 6 heteroatoms. The Hall–Kier alpha value is -3.02. The van der Waals surface area contributed by atoms with Crippen LogP contribution in [0, 0.1) is 0 Å². The first-order chi connectivity index (χ1) is 12.2. The van der Waals surface area contributed by atoms with Gasteiger partial charge in [-0.1, -0.05) is 19.1 Å². The number of H-pyrrole nitrogens is 1. The summed E-state index contributed by atoms with van der Waals surface area (Å²) in [7, 11) is 0. The molecule has 2 N–H and O–H groups in total. The first-order valence-corrected chi connectivity index (χ1v) is 8.42. The van der Waals surface area contributed by atoms with Gasteiger partial charge in [0.2, 0.25) is 5.91 Å². The van der Waals surface area contributed by atoms with Crippen LogP contribution >= 0.6 is 0 Å². The summed E-state index contributed by atoms with van der Waals surface area (Å²) >= 11 is 0. The number of benzene rings is 2. The number of carbonyl (C=O) groups excluding carboxylic acids is 1. The molecular formula is C19H19N3O3. The molecule has 1 aromatic heterocycles. The molecule has 0 atom stereocenters. The number of nitrogens with zero attached hydrogens (tertiary/aromatic N) is 1. The minimum atomic E-state index is 0.0197. The van der Waals surface area contributed by atoms with Crippen LogP contribution in [-0.4, -0.2) is 29.1 Å². The minimum absolute atomic E-state index is 0.0197. The molecule has 0 radical (unpaired) electrons. The van der Waals surface area contributed by atoms with E-state index < -0.39 is 0 Å². The minimum Gasteiger partial charge on any atom is -0.486 e. The van der Waals surface area contributed by atoms with Crippen LogP contribution in [0.2, 0.25) is 0 Å². The largest absolute Gasteiger partial charge is 0.486 e. The van der Waals surface area contributed by atoms with Gasteiger partial charge in [-0.3, -0.25) is 4.79 Å². The number of anilines is 1. The highest BCUT2D eigenvalue weighted by Crippen LogP contribution is 2.34. The predicted octanol–water partition coefficient (Wildman–Crippen LogP) is 3.74. The summed E-state index contributed by atoms with van der Waals surface area (Å²) in [6, 6.07) is 11.4. The third kappa shape index (κ3) is 3.15. The molecule has 6 nitrogen and oxygen atoms in total. The van der Waals surface area contributed by atoms with Crippen molar-refractivity contribution < 1.29 is 14.3 Å². The molecule has 0 unspecified atom stereocenters. The van der Waals surface area contributed by atoms with Crippen molar-refractivity contribution in [3.63, 3.8) is 0 Å². The topological polar surface area (TPSA) is 76.2 Å². The lowest BCUT2D eigenvalue weighted by atomic mass is 10.2. The van der Waals surface area contributed by atoms with Gasteiger partial charge in [0.05, 0.1) is 11.0 Å². The Morgan fingerprint density at radius 1 is 1.20 bits per heavy atom. The number of ether oxygens (including phenoxy) is 2. The molecular weight excluding hydrogens is 318 g/mol. The number of aromatic amines is 1. The second kappa shape index (κ2) is 6.47. The number of carbonyl (C=O) groups is 1. The van der Waals surface area contributed by atoms with E-state index in [1.54, 1.807) is 0 Å². The summed E-state index contributed by atoms with van der Waals surface area (Å²) < 4.78 is 11.2. The van der Waals surface area contributed by atoms with E-state index in [0.717, 1.165) is 46.0 Å². The van der Waals surface area contributed by atoms with E-state index >= 15 is 0 Å². The van der Waals surface area contributed by atoms with Gasteiger partial charge in [0.15, 0.2) is 11.5 Å². The highest BCUT2D eigenvalue weighted by atomic mass is 16.6. The van der Waals surface area contributed by atoms with Gasteiger partial charge in [-0.25, -0.2) is 4.98 Å². The monoisotopic (exact) mass is 337 g/mol. The number of hydrogen-bond acceptors (Lipinski definition) is 4. The number of hydrogen-bond donors (Lipinski definition) is 2. The molecule has 3 aromatic rings. The van der Waals surface area contributed by atoms with Gasteiger partial charge in [-0.05, 0) is 18.6 Å². The van der Waals surface area contributed by atoms with Crippen LogP contribution in [0.25, 0.3) is 22.4 Å². The summed E-state index contributed by atoms with van der Waals surface area (Å²) in [5.74, 6) is 2.21. The van der Waals surface area contributed by atoms with Crippen molar-refractivity contribution in [1.82, 2.24) is 9.97 Å². The van der Waals surface area contributed by atoms with E-state index in [2.05, 4.69) is 15.3 Å². The average molecular weight is 337 g/mol. The molecule has 25 heavy (non-hydrogen) atoms. The standard InChI is InChI=1S/C19H19N3O3/c1-2-4-18(23)20-13-6-3-5-12(9-13)19-21-14-10-16-17(11-15(14)22-19)25-8-7-24-16/h3,5-6,9-11H,2,4,7-8H2,1H3,(H,20,23)(H,21,22). The fourth-order valence-corrected chi connectivity index (χ4v) is 2.88. The Morgan fingerprint density at radius 3 is 2.80 bits per heavy atom. The first kappa shape index (κ1) is 15.5. The maximum absolute atomic E-state index is 11.8. The summed E-state index contributed by atoms with van der Waals surface area (Å²) in [4.78, 5) is 19.7. The molecule has 1 aliphatic rings. The normalized spacial score (nSPS) is 13.0. The summed E-state index contributed by atoms with van der Waals surface area (Å²) in [6.45, 7) is 3.09. The summed E-state index contributed by atoms with van der Waals surface area (Å²) in [5.41, 5.74) is 3.38. The third-order valence-electron chi connectivity index (χ3n) is 4.04. The maximum atomic E-state index is 11.8. The van der Waals surface area contributed by atoms with Gasteiger partial charge in [0.1, 0.15) is 19.0 Å². The van der Waals surface area contributed by atoms with Gasteiger partial charge in [-0.15, -0.1) is 0 Å². The van der Waals surface area contributed by atoms with Crippen molar-refractivity contribution in [2.24, 2.45) is 0 Å². The molecule has 1 amide bonds. The Balaban J connectivity index is 1.66. The molecule has 4 rings (SSSR count). The Kier molecular flexibility index (Phi) is 4.01. The number of nitrogens with one attached hydrogen (secondary N) is 2. The number of aromatic nitrogens is 2. The summed E-state index contributed by atoms with van der Waals surface area (Å²) in [5, 5.41) is 2.91. The molecule has 0 bridgehead atoms.